The van der Waals surface area contributed by atoms with Crippen LogP contribution < -0.4 is 20.1 Å². The predicted molar refractivity (Wildman–Crippen MR) is 116 cm³/mol. The molecule has 3 heterocycles. The van der Waals surface area contributed by atoms with Crippen LogP contribution in [0, 0.1) is 11.0 Å². The van der Waals surface area contributed by atoms with Gasteiger partial charge in [0.1, 0.15) is 0 Å². The Morgan fingerprint density at radius 2 is 2.26 bits per heavy atom. The Hall–Kier alpha value is -3.52. The van der Waals surface area contributed by atoms with E-state index < -0.39 is 5.82 Å². The van der Waals surface area contributed by atoms with Gasteiger partial charge in [0.2, 0.25) is 6.20 Å². The summed E-state index contributed by atoms with van der Waals surface area (Å²) in [5.74, 6) is -0.693. The van der Waals surface area contributed by atoms with Crippen LogP contribution in [0.5, 0.6) is 5.75 Å². The number of aromatic nitrogens is 2. The van der Waals surface area contributed by atoms with Gasteiger partial charge in [-0.15, -0.1) is 6.58 Å². The number of allylic oxidation sites excluding steroid dienone is 1. The molecule has 0 bridgehead atoms. The summed E-state index contributed by atoms with van der Waals surface area (Å²) in [4.78, 5) is 16.1. The molecular formula is C22H20ClFN4O3. The molecule has 0 aliphatic carbocycles. The largest absolute Gasteiger partial charge is 0.619 e. The fourth-order valence-corrected chi connectivity index (χ4v) is 4.05. The lowest BCUT2D eigenvalue weighted by Gasteiger charge is -2.23. The maximum Gasteiger partial charge on any atom is 0.255 e. The van der Waals surface area contributed by atoms with Crippen LogP contribution >= 0.6 is 11.6 Å². The van der Waals surface area contributed by atoms with Gasteiger partial charge in [-0.25, -0.2) is 0 Å². The molecule has 0 radical (unpaired) electrons. The van der Waals surface area contributed by atoms with Crippen LogP contribution in [0.25, 0.3) is 11.3 Å². The number of carbonyl (C=O) groups excluding carboxylic acids is 1. The number of carbonyl (C=O) groups is 1. The molecule has 3 N–H and O–H groups in total. The molecule has 0 fully saturated rings. The van der Waals surface area contributed by atoms with Gasteiger partial charge in [0.05, 0.1) is 34.8 Å². The first-order valence-electron chi connectivity index (χ1n) is 9.57. The number of ether oxygens (including phenoxy) is 1. The summed E-state index contributed by atoms with van der Waals surface area (Å²) in [6, 6.07) is 6.51. The molecule has 1 aliphatic rings. The minimum absolute atomic E-state index is 0.0584. The van der Waals surface area contributed by atoms with E-state index in [1.807, 2.05) is 0 Å². The molecule has 1 aliphatic heterocycles. The second kappa shape index (κ2) is 8.31. The van der Waals surface area contributed by atoms with Gasteiger partial charge in [0.25, 0.3) is 5.91 Å². The van der Waals surface area contributed by atoms with Crippen molar-refractivity contribution in [2.24, 2.45) is 0 Å². The highest BCUT2D eigenvalue weighted by atomic mass is 35.5. The van der Waals surface area contributed by atoms with E-state index in [0.717, 1.165) is 6.20 Å². The molecule has 0 saturated heterocycles. The van der Waals surface area contributed by atoms with Crippen molar-refractivity contribution in [3.63, 3.8) is 0 Å². The van der Waals surface area contributed by atoms with E-state index in [-0.39, 0.29) is 17.4 Å². The Bertz CT molecular complexity index is 1180. The molecular weight excluding hydrogens is 423 g/mol. The van der Waals surface area contributed by atoms with Crippen molar-refractivity contribution in [3.05, 3.63) is 76.6 Å². The average molecular weight is 443 g/mol. The number of amides is 1. The molecule has 4 rings (SSSR count). The Kier molecular flexibility index (Phi) is 5.56. The van der Waals surface area contributed by atoms with Crippen LogP contribution in [0.15, 0.2) is 49.3 Å². The molecule has 3 aromatic rings. The Morgan fingerprint density at radius 1 is 1.45 bits per heavy atom. The Labute approximate surface area is 183 Å². The van der Waals surface area contributed by atoms with Crippen LogP contribution in [-0.2, 0) is 0 Å². The minimum Gasteiger partial charge on any atom is -0.619 e. The van der Waals surface area contributed by atoms with Gasteiger partial charge in [0, 0.05) is 29.8 Å². The van der Waals surface area contributed by atoms with Crippen LogP contribution in [0.4, 0.5) is 15.8 Å². The number of anilines is 2. The van der Waals surface area contributed by atoms with Gasteiger partial charge in [-0.3, -0.25) is 4.79 Å². The van der Waals surface area contributed by atoms with E-state index >= 15 is 0 Å². The molecule has 0 saturated carbocycles. The van der Waals surface area contributed by atoms with E-state index in [0.29, 0.717) is 56.8 Å². The van der Waals surface area contributed by atoms with E-state index in [9.17, 15) is 14.4 Å². The standard InChI is InChI=1S/C22H20ClFN4O3/c1-3-5-12-10-25-22(29)17-18(12)27-19(13-8-9-28(30)11-15(13)24)20(17)26-16-7-4-6-14(23)21(16)31-2/h3-4,6-9,11-12,26-27H,1,5,10H2,2H3,(H,25,29)/t12-/m0/s1. The van der Waals surface area contributed by atoms with Crippen molar-refractivity contribution >= 4 is 28.9 Å². The lowest BCUT2D eigenvalue weighted by Crippen LogP contribution is -2.34. The number of nitrogens with zero attached hydrogens (tertiary/aromatic N) is 1. The number of fused-ring (bicyclic) bond motifs is 1. The molecule has 2 aromatic heterocycles. The van der Waals surface area contributed by atoms with E-state index in [1.165, 1.54) is 19.4 Å². The molecule has 160 valence electrons. The number of benzene rings is 1. The highest BCUT2D eigenvalue weighted by molar-refractivity contribution is 6.32. The third-order valence-electron chi connectivity index (χ3n) is 5.21. The maximum atomic E-state index is 14.7. The second-order valence-electron chi connectivity index (χ2n) is 7.11. The first-order chi connectivity index (χ1) is 14.9. The van der Waals surface area contributed by atoms with Gasteiger partial charge >= 0.3 is 0 Å². The number of hydrogen-bond acceptors (Lipinski definition) is 4. The summed E-state index contributed by atoms with van der Waals surface area (Å²) in [6.07, 6.45) is 4.41. The van der Waals surface area contributed by atoms with Crippen molar-refractivity contribution < 1.29 is 18.7 Å². The SMILES string of the molecule is C=CC[C@H]1CNC(=O)c2c1[nH]c(-c1cc[n+]([O-])cc1F)c2Nc1cccc(Cl)c1OC. The zero-order chi connectivity index (χ0) is 22.1. The molecule has 7 nitrogen and oxygen atoms in total. The van der Waals surface area contributed by atoms with Crippen LogP contribution in [-0.4, -0.2) is 24.5 Å². The molecule has 0 unspecified atom stereocenters. The van der Waals surface area contributed by atoms with Gasteiger partial charge in [0.15, 0.2) is 17.8 Å². The van der Waals surface area contributed by atoms with Gasteiger partial charge in [-0.05, 0) is 18.6 Å². The van der Waals surface area contributed by atoms with E-state index in [4.69, 9.17) is 16.3 Å². The number of H-pyrrole nitrogens is 1. The van der Waals surface area contributed by atoms with E-state index in [1.54, 1.807) is 24.3 Å². The van der Waals surface area contributed by atoms with Crippen molar-refractivity contribution in [1.82, 2.24) is 10.3 Å². The number of rotatable bonds is 6. The van der Waals surface area contributed by atoms with Crippen LogP contribution in [0.1, 0.15) is 28.4 Å². The van der Waals surface area contributed by atoms with Crippen molar-refractivity contribution in [2.75, 3.05) is 19.0 Å². The van der Waals surface area contributed by atoms with E-state index in [2.05, 4.69) is 22.2 Å². The number of halogens is 2. The van der Waals surface area contributed by atoms with Crippen molar-refractivity contribution in [2.45, 2.75) is 12.3 Å². The van der Waals surface area contributed by atoms with Gasteiger partial charge in [-0.1, -0.05) is 23.7 Å². The van der Waals surface area contributed by atoms with Crippen LogP contribution in [0.3, 0.4) is 0 Å². The maximum absolute atomic E-state index is 14.7. The number of aromatic amines is 1. The molecule has 9 heteroatoms. The van der Waals surface area contributed by atoms with Gasteiger partial charge < -0.3 is 25.6 Å². The van der Waals surface area contributed by atoms with Crippen molar-refractivity contribution in [3.8, 4) is 17.0 Å². The first-order valence-corrected chi connectivity index (χ1v) is 9.95. The highest BCUT2D eigenvalue weighted by Gasteiger charge is 2.33. The fourth-order valence-electron chi connectivity index (χ4n) is 3.80. The molecule has 31 heavy (non-hydrogen) atoms. The summed E-state index contributed by atoms with van der Waals surface area (Å²) >= 11 is 6.24. The summed E-state index contributed by atoms with van der Waals surface area (Å²) in [6.45, 7) is 4.21. The minimum atomic E-state index is -0.724. The quantitative estimate of drug-likeness (QED) is 0.302. The predicted octanol–water partition coefficient (Wildman–Crippen LogP) is 4.26. The smallest absolute Gasteiger partial charge is 0.255 e. The number of para-hydroxylation sites is 1. The number of nitrogens with one attached hydrogen (secondary N) is 3. The summed E-state index contributed by atoms with van der Waals surface area (Å²) < 4.78 is 20.5. The van der Waals surface area contributed by atoms with Crippen molar-refractivity contribution in [1.29, 1.82) is 0 Å². The lowest BCUT2D eigenvalue weighted by atomic mass is 9.93. The molecule has 1 atom stereocenters. The highest BCUT2D eigenvalue weighted by Crippen LogP contribution is 2.43. The molecule has 0 spiro atoms. The average Bonchev–Trinajstić information content (AvgIpc) is 3.10. The topological polar surface area (TPSA) is 93.1 Å². The molecule has 1 aromatic carbocycles. The zero-order valence-corrected chi connectivity index (χ0v) is 17.4. The van der Waals surface area contributed by atoms with Gasteiger partial charge in [-0.2, -0.15) is 9.12 Å². The lowest BCUT2D eigenvalue weighted by molar-refractivity contribution is -0.607. The molecule has 1 amide bonds. The number of methoxy groups -OCH3 is 1. The first kappa shape index (κ1) is 20.7. The third kappa shape index (κ3) is 3.70. The second-order valence-corrected chi connectivity index (χ2v) is 7.51. The van der Waals surface area contributed by atoms with Crippen LogP contribution in [0.2, 0.25) is 5.02 Å². The summed E-state index contributed by atoms with van der Waals surface area (Å²) in [7, 11) is 1.48. The Balaban J connectivity index is 1.95. The number of hydrogen-bond donors (Lipinski definition) is 3. The summed E-state index contributed by atoms with van der Waals surface area (Å²) in [5.41, 5.74) is 2.40. The normalized spacial score (nSPS) is 15.2. The third-order valence-corrected chi connectivity index (χ3v) is 5.51. The Morgan fingerprint density at radius 3 is 2.97 bits per heavy atom. The fraction of sp³-hybridized carbons (Fsp3) is 0.182. The monoisotopic (exact) mass is 442 g/mol. The summed E-state index contributed by atoms with van der Waals surface area (Å²) in [5, 5.41) is 18.0. The number of pyridine rings is 1. The zero-order valence-electron chi connectivity index (χ0n) is 16.7.